The molecule has 0 saturated carbocycles. The van der Waals surface area contributed by atoms with Gasteiger partial charge in [0.2, 0.25) is 5.91 Å². The highest BCUT2D eigenvalue weighted by atomic mass is 16.2. The van der Waals surface area contributed by atoms with Crippen LogP contribution in [0.3, 0.4) is 0 Å². The maximum atomic E-state index is 11.7. The third kappa shape index (κ3) is 4.05. The fourth-order valence-electron chi connectivity index (χ4n) is 2.44. The van der Waals surface area contributed by atoms with Crippen LogP contribution in [0.25, 0.3) is 0 Å². The molecule has 1 aliphatic rings. The normalized spacial score (nSPS) is 17.4. The lowest BCUT2D eigenvalue weighted by Gasteiger charge is -2.32. The molecule has 6 nitrogen and oxygen atoms in total. The zero-order valence-electron chi connectivity index (χ0n) is 12.6. The van der Waals surface area contributed by atoms with E-state index in [2.05, 4.69) is 20.4 Å². The van der Waals surface area contributed by atoms with Gasteiger partial charge in [-0.05, 0) is 19.8 Å². The van der Waals surface area contributed by atoms with Crippen molar-refractivity contribution < 1.29 is 4.79 Å². The molecule has 1 fully saturated rings. The number of amides is 1. The molecule has 0 aromatic carbocycles. The van der Waals surface area contributed by atoms with Gasteiger partial charge >= 0.3 is 0 Å². The second kappa shape index (κ2) is 6.85. The van der Waals surface area contributed by atoms with Gasteiger partial charge < -0.3 is 10.2 Å². The van der Waals surface area contributed by atoms with Crippen LogP contribution in [0.15, 0.2) is 6.20 Å². The Morgan fingerprint density at radius 3 is 2.75 bits per heavy atom. The standard InChI is InChI=1S/C14H25N5O/c1-11-12(9-16-17-11)8-15-13-4-6-19(7-5-13)10-14(20)18(2)3/h9,13,15H,4-8,10H2,1-3H3,(H,16,17). The number of piperidine rings is 1. The number of likely N-dealkylation sites (N-methyl/N-ethyl adjacent to an activating group) is 1. The highest BCUT2D eigenvalue weighted by Crippen LogP contribution is 2.11. The summed E-state index contributed by atoms with van der Waals surface area (Å²) in [5.41, 5.74) is 2.36. The average Bonchev–Trinajstić information content (AvgIpc) is 2.83. The Morgan fingerprint density at radius 2 is 2.20 bits per heavy atom. The zero-order chi connectivity index (χ0) is 14.5. The van der Waals surface area contributed by atoms with Gasteiger partial charge in [-0.2, -0.15) is 5.10 Å². The fourth-order valence-corrected chi connectivity index (χ4v) is 2.44. The number of nitrogens with zero attached hydrogens (tertiary/aromatic N) is 3. The molecule has 0 aliphatic carbocycles. The summed E-state index contributed by atoms with van der Waals surface area (Å²) in [5.74, 6) is 0.186. The van der Waals surface area contributed by atoms with E-state index >= 15 is 0 Å². The van der Waals surface area contributed by atoms with Gasteiger partial charge in [0.15, 0.2) is 0 Å². The Kier molecular flexibility index (Phi) is 5.14. The van der Waals surface area contributed by atoms with Crippen LogP contribution in [0.2, 0.25) is 0 Å². The first kappa shape index (κ1) is 15.0. The van der Waals surface area contributed by atoms with Crippen molar-refractivity contribution in [3.63, 3.8) is 0 Å². The van der Waals surface area contributed by atoms with Crippen LogP contribution in [-0.2, 0) is 11.3 Å². The number of aromatic nitrogens is 2. The van der Waals surface area contributed by atoms with Crippen molar-refractivity contribution in [2.45, 2.75) is 32.4 Å². The van der Waals surface area contributed by atoms with Crippen molar-refractivity contribution in [1.29, 1.82) is 0 Å². The monoisotopic (exact) mass is 279 g/mol. The summed E-state index contributed by atoms with van der Waals surface area (Å²) in [7, 11) is 3.62. The molecule has 0 radical (unpaired) electrons. The van der Waals surface area contributed by atoms with Crippen LogP contribution in [0.4, 0.5) is 0 Å². The van der Waals surface area contributed by atoms with E-state index < -0.39 is 0 Å². The molecule has 1 aliphatic heterocycles. The largest absolute Gasteiger partial charge is 0.348 e. The first-order valence-electron chi connectivity index (χ1n) is 7.21. The second-order valence-corrected chi connectivity index (χ2v) is 5.74. The minimum Gasteiger partial charge on any atom is -0.348 e. The van der Waals surface area contributed by atoms with E-state index in [0.717, 1.165) is 38.2 Å². The quantitative estimate of drug-likeness (QED) is 0.817. The predicted octanol–water partition coefficient (Wildman–Crippen LogP) is 0.360. The summed E-state index contributed by atoms with van der Waals surface area (Å²) in [6.07, 6.45) is 4.07. The smallest absolute Gasteiger partial charge is 0.236 e. The van der Waals surface area contributed by atoms with Gasteiger partial charge in [-0.1, -0.05) is 0 Å². The number of hydrogen-bond acceptors (Lipinski definition) is 4. The van der Waals surface area contributed by atoms with Crippen LogP contribution in [-0.4, -0.2) is 65.7 Å². The molecule has 1 amide bonds. The van der Waals surface area contributed by atoms with Crippen molar-refractivity contribution in [1.82, 2.24) is 25.3 Å². The molecule has 0 atom stereocenters. The molecule has 1 aromatic rings. The predicted molar refractivity (Wildman–Crippen MR) is 78.3 cm³/mol. The molecular weight excluding hydrogens is 254 g/mol. The number of aromatic amines is 1. The van der Waals surface area contributed by atoms with Crippen molar-refractivity contribution in [2.24, 2.45) is 0 Å². The topological polar surface area (TPSA) is 64.3 Å². The Labute approximate surface area is 120 Å². The first-order chi connectivity index (χ1) is 9.56. The molecule has 112 valence electrons. The van der Waals surface area contributed by atoms with Crippen LogP contribution in [0.5, 0.6) is 0 Å². The van der Waals surface area contributed by atoms with Gasteiger partial charge in [-0.25, -0.2) is 0 Å². The summed E-state index contributed by atoms with van der Waals surface area (Å²) in [6.45, 7) is 5.42. The Bertz CT molecular complexity index is 435. The van der Waals surface area contributed by atoms with Crippen LogP contribution in [0.1, 0.15) is 24.1 Å². The molecule has 1 saturated heterocycles. The van der Waals surface area contributed by atoms with Crippen molar-refractivity contribution in [2.75, 3.05) is 33.7 Å². The highest BCUT2D eigenvalue weighted by molar-refractivity contribution is 5.77. The molecule has 20 heavy (non-hydrogen) atoms. The van der Waals surface area contributed by atoms with E-state index in [1.54, 1.807) is 4.90 Å². The van der Waals surface area contributed by atoms with E-state index in [1.807, 2.05) is 27.2 Å². The molecule has 2 heterocycles. The van der Waals surface area contributed by atoms with Gasteiger partial charge in [0.25, 0.3) is 0 Å². The molecular formula is C14H25N5O. The summed E-state index contributed by atoms with van der Waals surface area (Å²) in [5, 5.41) is 10.6. The highest BCUT2D eigenvalue weighted by Gasteiger charge is 2.21. The lowest BCUT2D eigenvalue weighted by Crippen LogP contribution is -2.45. The van der Waals surface area contributed by atoms with Crippen molar-refractivity contribution >= 4 is 5.91 Å². The summed E-state index contributed by atoms with van der Waals surface area (Å²) < 4.78 is 0. The van der Waals surface area contributed by atoms with E-state index in [4.69, 9.17) is 0 Å². The number of likely N-dealkylation sites (tertiary alicyclic amines) is 1. The minimum absolute atomic E-state index is 0.186. The third-order valence-corrected chi connectivity index (χ3v) is 3.96. The number of H-pyrrole nitrogens is 1. The van der Waals surface area contributed by atoms with E-state index in [-0.39, 0.29) is 5.91 Å². The van der Waals surface area contributed by atoms with Gasteiger partial charge in [-0.15, -0.1) is 0 Å². The van der Waals surface area contributed by atoms with E-state index in [9.17, 15) is 4.79 Å². The van der Waals surface area contributed by atoms with Crippen LogP contribution >= 0.6 is 0 Å². The summed E-state index contributed by atoms with van der Waals surface area (Å²) >= 11 is 0. The number of carbonyl (C=O) groups excluding carboxylic acids is 1. The molecule has 0 unspecified atom stereocenters. The Balaban J connectivity index is 1.69. The number of aryl methyl sites for hydroxylation is 1. The molecule has 2 N–H and O–H groups in total. The number of rotatable bonds is 5. The van der Waals surface area contributed by atoms with E-state index in [0.29, 0.717) is 12.6 Å². The summed E-state index contributed by atoms with van der Waals surface area (Å²) in [4.78, 5) is 15.6. The first-order valence-corrected chi connectivity index (χ1v) is 7.21. The van der Waals surface area contributed by atoms with Gasteiger partial charge in [0.1, 0.15) is 0 Å². The number of carbonyl (C=O) groups is 1. The third-order valence-electron chi connectivity index (χ3n) is 3.96. The van der Waals surface area contributed by atoms with Crippen molar-refractivity contribution in [3.8, 4) is 0 Å². The minimum atomic E-state index is 0.186. The molecule has 1 aromatic heterocycles. The maximum Gasteiger partial charge on any atom is 0.236 e. The molecule has 0 bridgehead atoms. The second-order valence-electron chi connectivity index (χ2n) is 5.74. The fraction of sp³-hybridized carbons (Fsp3) is 0.714. The van der Waals surface area contributed by atoms with Crippen molar-refractivity contribution in [3.05, 3.63) is 17.5 Å². The Morgan fingerprint density at radius 1 is 1.50 bits per heavy atom. The number of hydrogen-bond donors (Lipinski definition) is 2. The Hall–Kier alpha value is -1.40. The maximum absolute atomic E-state index is 11.7. The lowest BCUT2D eigenvalue weighted by molar-refractivity contribution is -0.130. The van der Waals surface area contributed by atoms with Gasteiger partial charge in [-0.3, -0.25) is 14.8 Å². The van der Waals surface area contributed by atoms with Gasteiger partial charge in [0.05, 0.1) is 12.7 Å². The SMILES string of the molecule is Cc1[nH]ncc1CNC1CCN(CC(=O)N(C)C)CC1. The molecule has 2 rings (SSSR count). The van der Waals surface area contributed by atoms with E-state index in [1.165, 1.54) is 5.56 Å². The average molecular weight is 279 g/mol. The van der Waals surface area contributed by atoms with Crippen LogP contribution < -0.4 is 5.32 Å². The zero-order valence-corrected chi connectivity index (χ0v) is 12.6. The summed E-state index contributed by atoms with van der Waals surface area (Å²) in [6, 6.07) is 0.537. The molecule has 0 spiro atoms. The van der Waals surface area contributed by atoms with Crippen LogP contribution in [0, 0.1) is 6.92 Å². The lowest BCUT2D eigenvalue weighted by atomic mass is 10.0. The number of nitrogens with one attached hydrogen (secondary N) is 2. The molecule has 6 heteroatoms. The van der Waals surface area contributed by atoms with Gasteiger partial charge in [0, 0.05) is 51.0 Å².